The van der Waals surface area contributed by atoms with Gasteiger partial charge in [0.1, 0.15) is 5.82 Å². The molecular formula is C15H13BrF3NO. The van der Waals surface area contributed by atoms with Crippen LogP contribution < -0.4 is 5.56 Å². The fourth-order valence-corrected chi connectivity index (χ4v) is 2.45. The molecule has 0 aliphatic rings. The first-order valence-electron chi connectivity index (χ1n) is 6.25. The van der Waals surface area contributed by atoms with Crippen LogP contribution in [0.3, 0.4) is 0 Å². The third-order valence-electron chi connectivity index (χ3n) is 3.28. The van der Waals surface area contributed by atoms with Crippen LogP contribution in [0.2, 0.25) is 0 Å². The highest BCUT2D eigenvalue weighted by Crippen LogP contribution is 2.29. The Labute approximate surface area is 128 Å². The lowest BCUT2D eigenvalue weighted by molar-refractivity contribution is 0.0166. The topological polar surface area (TPSA) is 22.0 Å². The van der Waals surface area contributed by atoms with Gasteiger partial charge < -0.3 is 4.57 Å². The number of nitrogens with zero attached hydrogens (tertiary/aromatic N) is 1. The van der Waals surface area contributed by atoms with E-state index >= 15 is 0 Å². The van der Waals surface area contributed by atoms with Crippen molar-refractivity contribution in [3.8, 4) is 0 Å². The third kappa shape index (κ3) is 3.37. The summed E-state index contributed by atoms with van der Waals surface area (Å²) in [6, 6.07) is 6.22. The summed E-state index contributed by atoms with van der Waals surface area (Å²) in [4.78, 5) is 12.1. The van der Waals surface area contributed by atoms with Crippen LogP contribution in [0.15, 0.2) is 45.8 Å². The van der Waals surface area contributed by atoms with Crippen LogP contribution >= 0.6 is 15.9 Å². The summed E-state index contributed by atoms with van der Waals surface area (Å²) in [6.45, 7) is 2.46. The molecule has 0 radical (unpaired) electrons. The molecule has 6 heteroatoms. The van der Waals surface area contributed by atoms with E-state index in [1.165, 1.54) is 28.8 Å². The van der Waals surface area contributed by atoms with Gasteiger partial charge in [0.25, 0.3) is 11.5 Å². The van der Waals surface area contributed by atoms with Gasteiger partial charge >= 0.3 is 0 Å². The van der Waals surface area contributed by atoms with Gasteiger partial charge in [0, 0.05) is 18.7 Å². The second kappa shape index (κ2) is 5.67. The summed E-state index contributed by atoms with van der Waals surface area (Å²) in [5.41, 5.74) is -0.0234. The van der Waals surface area contributed by atoms with Crippen LogP contribution in [-0.4, -0.2) is 4.57 Å². The maximum Gasteiger partial charge on any atom is 0.271 e. The van der Waals surface area contributed by atoms with Crippen molar-refractivity contribution in [2.75, 3.05) is 0 Å². The highest BCUT2D eigenvalue weighted by molar-refractivity contribution is 9.10. The minimum Gasteiger partial charge on any atom is -0.307 e. The molecule has 1 aromatic heterocycles. The molecule has 112 valence electrons. The molecule has 0 spiro atoms. The Hall–Kier alpha value is -1.56. The van der Waals surface area contributed by atoms with Crippen LogP contribution in [0.5, 0.6) is 0 Å². The molecule has 0 amide bonds. The summed E-state index contributed by atoms with van der Waals surface area (Å²) in [7, 11) is 0. The smallest absolute Gasteiger partial charge is 0.271 e. The molecule has 0 saturated carbocycles. The molecule has 0 aliphatic heterocycles. The Kier molecular flexibility index (Phi) is 4.27. The van der Waals surface area contributed by atoms with E-state index in [2.05, 4.69) is 15.9 Å². The molecule has 1 heterocycles. The van der Waals surface area contributed by atoms with Crippen molar-refractivity contribution in [3.05, 3.63) is 68.3 Å². The highest BCUT2D eigenvalue weighted by Gasteiger charge is 2.27. The van der Waals surface area contributed by atoms with Crippen molar-refractivity contribution < 1.29 is 13.2 Å². The molecule has 1 atom stereocenters. The number of alkyl halides is 2. The molecule has 1 aromatic carbocycles. The summed E-state index contributed by atoms with van der Waals surface area (Å²) in [6.07, 6.45) is 1.14. The monoisotopic (exact) mass is 359 g/mol. The number of rotatable bonds is 3. The van der Waals surface area contributed by atoms with E-state index in [0.717, 1.165) is 19.2 Å². The average Bonchev–Trinajstić information content (AvgIpc) is 2.40. The van der Waals surface area contributed by atoms with Gasteiger partial charge in [-0.1, -0.05) is 12.1 Å². The van der Waals surface area contributed by atoms with Crippen molar-refractivity contribution in [2.45, 2.75) is 25.8 Å². The molecule has 0 N–H and O–H groups in total. The zero-order valence-electron chi connectivity index (χ0n) is 11.4. The predicted molar refractivity (Wildman–Crippen MR) is 78.2 cm³/mol. The number of pyridine rings is 1. The lowest BCUT2D eigenvalue weighted by Gasteiger charge is -2.19. The van der Waals surface area contributed by atoms with Crippen molar-refractivity contribution in [1.82, 2.24) is 4.57 Å². The van der Waals surface area contributed by atoms with Crippen molar-refractivity contribution >= 4 is 15.9 Å². The summed E-state index contributed by atoms with van der Waals surface area (Å²) < 4.78 is 41.2. The standard InChI is InChI=1S/C15H13BrF3NO/c1-9(10-3-5-12(17)6-4-10)20-8-11(15(2,18)19)7-13(16)14(20)21/h3-9H,1-2H3/t9-/m0/s1. The zero-order chi connectivity index (χ0) is 15.8. The van der Waals surface area contributed by atoms with Crippen molar-refractivity contribution in [3.63, 3.8) is 0 Å². The van der Waals surface area contributed by atoms with Crippen LogP contribution in [0.4, 0.5) is 13.2 Å². The molecule has 2 aromatic rings. The molecule has 0 saturated heterocycles. The van der Waals surface area contributed by atoms with Gasteiger partial charge in [-0.15, -0.1) is 0 Å². The maximum absolute atomic E-state index is 13.5. The molecule has 0 unspecified atom stereocenters. The first-order chi connectivity index (χ1) is 9.70. The van der Waals surface area contributed by atoms with Gasteiger partial charge in [0.05, 0.1) is 10.5 Å². The third-order valence-corrected chi connectivity index (χ3v) is 3.84. The van der Waals surface area contributed by atoms with E-state index < -0.39 is 23.3 Å². The predicted octanol–water partition coefficient (Wildman–Crippen LogP) is 4.47. The molecule has 0 bridgehead atoms. The molecule has 0 fully saturated rings. The lowest BCUT2D eigenvalue weighted by Crippen LogP contribution is -2.26. The second-order valence-corrected chi connectivity index (χ2v) is 5.76. The Morgan fingerprint density at radius 2 is 1.81 bits per heavy atom. The molecular weight excluding hydrogens is 347 g/mol. The summed E-state index contributed by atoms with van der Waals surface area (Å²) in [5, 5.41) is 0. The van der Waals surface area contributed by atoms with E-state index in [1.54, 1.807) is 6.92 Å². The Morgan fingerprint density at radius 3 is 2.33 bits per heavy atom. The maximum atomic E-state index is 13.5. The van der Waals surface area contributed by atoms with Crippen LogP contribution in [0.1, 0.15) is 31.0 Å². The number of benzene rings is 1. The first kappa shape index (κ1) is 15.8. The minimum absolute atomic E-state index is 0.0653. The molecule has 21 heavy (non-hydrogen) atoms. The Balaban J connectivity index is 2.55. The second-order valence-electron chi connectivity index (χ2n) is 4.91. The number of hydrogen-bond acceptors (Lipinski definition) is 1. The molecule has 2 rings (SSSR count). The number of hydrogen-bond donors (Lipinski definition) is 0. The quantitative estimate of drug-likeness (QED) is 0.792. The van der Waals surface area contributed by atoms with E-state index in [-0.39, 0.29) is 10.0 Å². The first-order valence-corrected chi connectivity index (χ1v) is 7.05. The van der Waals surface area contributed by atoms with Crippen LogP contribution in [0.25, 0.3) is 0 Å². The van der Waals surface area contributed by atoms with Gasteiger partial charge in [-0.2, -0.15) is 0 Å². The minimum atomic E-state index is -3.06. The van der Waals surface area contributed by atoms with Gasteiger partial charge in [-0.25, -0.2) is 13.2 Å². The van der Waals surface area contributed by atoms with Gasteiger partial charge in [-0.3, -0.25) is 4.79 Å². The fraction of sp³-hybridized carbons (Fsp3) is 0.267. The van der Waals surface area contributed by atoms with Crippen molar-refractivity contribution in [2.24, 2.45) is 0 Å². The molecule has 2 nitrogen and oxygen atoms in total. The van der Waals surface area contributed by atoms with Crippen molar-refractivity contribution in [1.29, 1.82) is 0 Å². The molecule has 0 aliphatic carbocycles. The van der Waals surface area contributed by atoms with Gasteiger partial charge in [0.2, 0.25) is 0 Å². The van der Waals surface area contributed by atoms with E-state index in [1.807, 2.05) is 0 Å². The fourth-order valence-electron chi connectivity index (χ4n) is 2.00. The average molecular weight is 360 g/mol. The zero-order valence-corrected chi connectivity index (χ0v) is 13.0. The van der Waals surface area contributed by atoms with Crippen LogP contribution in [-0.2, 0) is 5.92 Å². The lowest BCUT2D eigenvalue weighted by atomic mass is 10.1. The van der Waals surface area contributed by atoms with Gasteiger partial charge in [-0.05, 0) is 46.6 Å². The van der Waals surface area contributed by atoms with Crippen LogP contribution in [0, 0.1) is 5.82 Å². The largest absolute Gasteiger partial charge is 0.307 e. The summed E-state index contributed by atoms with van der Waals surface area (Å²) >= 11 is 3.02. The van der Waals surface area contributed by atoms with Gasteiger partial charge in [0.15, 0.2) is 0 Å². The summed E-state index contributed by atoms with van der Waals surface area (Å²) in [5.74, 6) is -3.45. The Morgan fingerprint density at radius 1 is 1.24 bits per heavy atom. The number of halogens is 4. The number of aromatic nitrogens is 1. The van der Waals surface area contributed by atoms with E-state index in [4.69, 9.17) is 0 Å². The van der Waals surface area contributed by atoms with E-state index in [9.17, 15) is 18.0 Å². The normalized spacial score (nSPS) is 13.2. The highest BCUT2D eigenvalue weighted by atomic mass is 79.9. The SMILES string of the molecule is C[C@@H](c1ccc(F)cc1)n1cc(C(C)(F)F)cc(Br)c1=O. The Bertz CT molecular complexity index is 704. The van der Waals surface area contributed by atoms with E-state index in [0.29, 0.717) is 5.56 Å².